The van der Waals surface area contributed by atoms with Crippen molar-refractivity contribution in [1.82, 2.24) is 10.2 Å². The van der Waals surface area contributed by atoms with Crippen molar-refractivity contribution in [2.75, 3.05) is 20.3 Å². The van der Waals surface area contributed by atoms with Crippen LogP contribution in [0.15, 0.2) is 36.4 Å². The monoisotopic (exact) mass is 354 g/mol. The van der Waals surface area contributed by atoms with Crippen LogP contribution in [0.5, 0.6) is 5.75 Å². The summed E-state index contributed by atoms with van der Waals surface area (Å²) in [5.41, 5.74) is -0.299. The van der Waals surface area contributed by atoms with Gasteiger partial charge in [-0.2, -0.15) is 0 Å². The van der Waals surface area contributed by atoms with Gasteiger partial charge in [0.25, 0.3) is 5.91 Å². The summed E-state index contributed by atoms with van der Waals surface area (Å²) in [6.45, 7) is 2.76. The summed E-state index contributed by atoms with van der Waals surface area (Å²) < 4.78 is 10.8. The van der Waals surface area contributed by atoms with Gasteiger partial charge in [-0.05, 0) is 54.3 Å². The molecule has 0 spiro atoms. The van der Waals surface area contributed by atoms with E-state index in [0.29, 0.717) is 13.2 Å². The van der Waals surface area contributed by atoms with Gasteiger partial charge in [0.1, 0.15) is 11.3 Å². The van der Waals surface area contributed by atoms with Crippen molar-refractivity contribution >= 4 is 22.7 Å². The van der Waals surface area contributed by atoms with E-state index in [2.05, 4.69) is 5.32 Å². The maximum atomic E-state index is 13.0. The summed E-state index contributed by atoms with van der Waals surface area (Å²) in [4.78, 5) is 26.7. The number of carbonyl (C=O) groups excluding carboxylic acids is 2. The van der Waals surface area contributed by atoms with Gasteiger partial charge in [0, 0.05) is 6.61 Å². The zero-order chi connectivity index (χ0) is 18.3. The van der Waals surface area contributed by atoms with Gasteiger partial charge in [-0.1, -0.05) is 18.2 Å². The van der Waals surface area contributed by atoms with E-state index in [9.17, 15) is 9.59 Å². The first kappa shape index (κ1) is 16.8. The van der Waals surface area contributed by atoms with E-state index in [1.54, 1.807) is 14.0 Å². The zero-order valence-corrected chi connectivity index (χ0v) is 15.0. The summed E-state index contributed by atoms with van der Waals surface area (Å²) in [5.74, 6) is 0.551. The SMILES string of the molecule is COc1ccc2cc([C@]3(C)NC(=O)N(C[C@H]4CCCO4)C3=O)ccc2c1. The largest absolute Gasteiger partial charge is 0.497 e. The van der Waals surface area contributed by atoms with Crippen molar-refractivity contribution in [1.29, 1.82) is 0 Å². The lowest BCUT2D eigenvalue weighted by Gasteiger charge is -2.23. The molecule has 2 aliphatic heterocycles. The topological polar surface area (TPSA) is 67.9 Å². The van der Waals surface area contributed by atoms with Crippen LogP contribution in [-0.4, -0.2) is 43.2 Å². The number of imide groups is 1. The smallest absolute Gasteiger partial charge is 0.325 e. The van der Waals surface area contributed by atoms with Crippen molar-refractivity contribution in [2.45, 2.75) is 31.4 Å². The Labute approximate surface area is 152 Å². The maximum absolute atomic E-state index is 13.0. The molecular formula is C20H22N2O4. The van der Waals surface area contributed by atoms with Crippen LogP contribution in [0.1, 0.15) is 25.3 Å². The molecule has 0 radical (unpaired) electrons. The molecular weight excluding hydrogens is 332 g/mol. The fraction of sp³-hybridized carbons (Fsp3) is 0.400. The molecule has 3 amide bonds. The van der Waals surface area contributed by atoms with Crippen molar-refractivity contribution in [3.63, 3.8) is 0 Å². The lowest BCUT2D eigenvalue weighted by Crippen LogP contribution is -2.42. The highest BCUT2D eigenvalue weighted by molar-refractivity contribution is 6.07. The Morgan fingerprint density at radius 1 is 1.23 bits per heavy atom. The van der Waals surface area contributed by atoms with Gasteiger partial charge in [-0.25, -0.2) is 4.79 Å². The number of urea groups is 1. The van der Waals surface area contributed by atoms with Crippen LogP contribution in [0, 0.1) is 0 Å². The van der Waals surface area contributed by atoms with Crippen LogP contribution in [0.25, 0.3) is 10.8 Å². The number of nitrogens with one attached hydrogen (secondary N) is 1. The minimum atomic E-state index is -1.07. The van der Waals surface area contributed by atoms with Gasteiger partial charge < -0.3 is 14.8 Å². The van der Waals surface area contributed by atoms with Crippen LogP contribution >= 0.6 is 0 Å². The van der Waals surface area contributed by atoms with E-state index >= 15 is 0 Å². The van der Waals surface area contributed by atoms with Crippen LogP contribution < -0.4 is 10.1 Å². The van der Waals surface area contributed by atoms with E-state index in [1.807, 2.05) is 36.4 Å². The van der Waals surface area contributed by atoms with Crippen molar-refractivity contribution < 1.29 is 19.1 Å². The van der Waals surface area contributed by atoms with Gasteiger partial charge in [0.2, 0.25) is 0 Å². The third-order valence-corrected chi connectivity index (χ3v) is 5.31. The summed E-state index contributed by atoms with van der Waals surface area (Å²) in [7, 11) is 1.63. The molecule has 2 fully saturated rings. The lowest BCUT2D eigenvalue weighted by atomic mass is 9.90. The molecule has 2 aliphatic rings. The Morgan fingerprint density at radius 2 is 2.00 bits per heavy atom. The predicted octanol–water partition coefficient (Wildman–Crippen LogP) is 2.79. The van der Waals surface area contributed by atoms with Crippen LogP contribution in [0.4, 0.5) is 4.79 Å². The number of methoxy groups -OCH3 is 1. The van der Waals surface area contributed by atoms with E-state index in [0.717, 1.165) is 34.9 Å². The number of amides is 3. The lowest BCUT2D eigenvalue weighted by molar-refractivity contribution is -0.132. The van der Waals surface area contributed by atoms with Crippen molar-refractivity contribution in [3.8, 4) is 5.75 Å². The number of hydrogen-bond acceptors (Lipinski definition) is 4. The summed E-state index contributed by atoms with van der Waals surface area (Å²) >= 11 is 0. The average molecular weight is 354 g/mol. The Hall–Kier alpha value is -2.60. The first-order chi connectivity index (χ1) is 12.5. The van der Waals surface area contributed by atoms with Gasteiger partial charge in [-0.15, -0.1) is 0 Å². The number of ether oxygens (including phenoxy) is 2. The molecule has 136 valence electrons. The van der Waals surface area contributed by atoms with Crippen molar-refractivity contribution in [3.05, 3.63) is 42.0 Å². The number of rotatable bonds is 4. The van der Waals surface area contributed by atoms with Gasteiger partial charge >= 0.3 is 6.03 Å². The Bertz CT molecular complexity index is 875. The molecule has 4 rings (SSSR count). The second kappa shape index (κ2) is 6.29. The number of carbonyl (C=O) groups is 2. The Balaban J connectivity index is 1.64. The minimum absolute atomic E-state index is 0.0591. The van der Waals surface area contributed by atoms with Gasteiger partial charge in [0.05, 0.1) is 19.8 Å². The zero-order valence-electron chi connectivity index (χ0n) is 15.0. The fourth-order valence-corrected chi connectivity index (χ4v) is 3.71. The Kier molecular flexibility index (Phi) is 4.07. The maximum Gasteiger partial charge on any atom is 0.325 e. The quantitative estimate of drug-likeness (QED) is 0.858. The first-order valence-corrected chi connectivity index (χ1v) is 8.85. The standard InChI is InChI=1S/C20H22N2O4/c1-20(15-7-5-14-11-16(25-2)8-6-13(14)10-15)18(23)22(19(24)21-20)12-17-4-3-9-26-17/h5-8,10-11,17H,3-4,9,12H2,1-2H3,(H,21,24)/t17-,20+/m1/s1. The summed E-state index contributed by atoms with van der Waals surface area (Å²) in [6, 6.07) is 11.2. The molecule has 26 heavy (non-hydrogen) atoms. The molecule has 0 aliphatic carbocycles. The Morgan fingerprint density at radius 3 is 2.73 bits per heavy atom. The van der Waals surface area contributed by atoms with E-state index < -0.39 is 5.54 Å². The van der Waals surface area contributed by atoms with Crippen molar-refractivity contribution in [2.24, 2.45) is 0 Å². The third kappa shape index (κ3) is 2.70. The minimum Gasteiger partial charge on any atom is -0.497 e. The molecule has 0 bridgehead atoms. The highest BCUT2D eigenvalue weighted by atomic mass is 16.5. The molecule has 6 heteroatoms. The summed E-state index contributed by atoms with van der Waals surface area (Å²) in [5, 5.41) is 4.87. The second-order valence-corrected chi connectivity index (χ2v) is 7.03. The third-order valence-electron chi connectivity index (χ3n) is 5.31. The fourth-order valence-electron chi connectivity index (χ4n) is 3.71. The molecule has 2 aromatic carbocycles. The number of benzene rings is 2. The number of fused-ring (bicyclic) bond motifs is 1. The van der Waals surface area contributed by atoms with Gasteiger partial charge in [0.15, 0.2) is 0 Å². The summed E-state index contributed by atoms with van der Waals surface area (Å²) in [6.07, 6.45) is 1.79. The first-order valence-electron chi connectivity index (χ1n) is 8.85. The molecule has 1 N–H and O–H groups in total. The highest BCUT2D eigenvalue weighted by Crippen LogP contribution is 2.32. The van der Waals surface area contributed by atoms with E-state index in [-0.39, 0.29) is 18.0 Å². The number of hydrogen-bond donors (Lipinski definition) is 1. The molecule has 0 saturated carbocycles. The molecule has 0 unspecified atom stereocenters. The normalized spacial score (nSPS) is 25.8. The average Bonchev–Trinajstić information content (AvgIpc) is 3.24. The highest BCUT2D eigenvalue weighted by Gasteiger charge is 2.49. The number of nitrogens with zero attached hydrogens (tertiary/aromatic N) is 1. The predicted molar refractivity (Wildman–Crippen MR) is 97.1 cm³/mol. The molecule has 0 aromatic heterocycles. The molecule has 2 atom stereocenters. The van der Waals surface area contributed by atoms with Crippen LogP contribution in [0.2, 0.25) is 0 Å². The molecule has 2 heterocycles. The van der Waals surface area contributed by atoms with E-state index in [1.165, 1.54) is 4.90 Å². The van der Waals surface area contributed by atoms with Gasteiger partial charge in [-0.3, -0.25) is 9.69 Å². The van der Waals surface area contributed by atoms with Crippen LogP contribution in [0.3, 0.4) is 0 Å². The van der Waals surface area contributed by atoms with E-state index in [4.69, 9.17) is 9.47 Å². The molecule has 2 saturated heterocycles. The molecule has 2 aromatic rings. The van der Waals surface area contributed by atoms with Crippen LogP contribution in [-0.2, 0) is 15.1 Å². The second-order valence-electron chi connectivity index (χ2n) is 7.03. The molecule has 6 nitrogen and oxygen atoms in total.